The third kappa shape index (κ3) is 3.33. The molecular weight excluding hydrogens is 299 g/mol. The van der Waals surface area contributed by atoms with Gasteiger partial charge in [-0.1, -0.05) is 0 Å². The predicted octanol–water partition coefficient (Wildman–Crippen LogP) is 1.82. The molecule has 1 amide bonds. The molecule has 2 fully saturated rings. The summed E-state index contributed by atoms with van der Waals surface area (Å²) in [6.07, 6.45) is 1.69. The lowest BCUT2D eigenvalue weighted by Crippen LogP contribution is -2.59. The van der Waals surface area contributed by atoms with E-state index in [1.165, 1.54) is 19.2 Å². The molecule has 1 aromatic rings. The average molecular weight is 322 g/mol. The number of piperidine rings is 1. The number of hydrogen-bond acceptors (Lipinski definition) is 4. The molecule has 2 aliphatic heterocycles. The van der Waals surface area contributed by atoms with Crippen LogP contribution < -0.4 is 10.1 Å². The van der Waals surface area contributed by atoms with E-state index in [9.17, 15) is 9.18 Å². The van der Waals surface area contributed by atoms with Crippen molar-refractivity contribution in [1.82, 2.24) is 10.2 Å². The highest BCUT2D eigenvalue weighted by Crippen LogP contribution is 2.31. The van der Waals surface area contributed by atoms with Crippen LogP contribution in [0, 0.1) is 5.82 Å². The largest absolute Gasteiger partial charge is 0.497 e. The smallest absolute Gasteiger partial charge is 0.257 e. The van der Waals surface area contributed by atoms with Crippen molar-refractivity contribution < 1.29 is 18.7 Å². The summed E-state index contributed by atoms with van der Waals surface area (Å²) in [5.74, 6) is -0.421. The first-order valence-corrected chi connectivity index (χ1v) is 8.04. The summed E-state index contributed by atoms with van der Waals surface area (Å²) in [6, 6.07) is 4.35. The zero-order valence-electron chi connectivity index (χ0n) is 13.6. The average Bonchev–Trinajstić information content (AvgIpc) is 2.54. The number of carbonyl (C=O) groups excluding carboxylic acids is 1. The zero-order chi connectivity index (χ0) is 16.4. The summed E-state index contributed by atoms with van der Waals surface area (Å²) in [5.41, 5.74) is -0.217. The van der Waals surface area contributed by atoms with Crippen LogP contribution in [0.5, 0.6) is 5.75 Å². The van der Waals surface area contributed by atoms with Gasteiger partial charge in [-0.3, -0.25) is 4.79 Å². The third-order valence-corrected chi connectivity index (χ3v) is 4.62. The SMILES string of the molecule is COc1ccc(C(=O)N2CC(C)OC3(CCNCC3)C2)c(F)c1. The molecule has 1 spiro atoms. The maximum Gasteiger partial charge on any atom is 0.257 e. The van der Waals surface area contributed by atoms with Crippen LogP contribution in [-0.2, 0) is 4.74 Å². The molecule has 6 heteroatoms. The highest BCUT2D eigenvalue weighted by Gasteiger charge is 2.42. The fourth-order valence-electron chi connectivity index (χ4n) is 3.50. The number of halogens is 1. The third-order valence-electron chi connectivity index (χ3n) is 4.62. The number of benzene rings is 1. The molecule has 1 N–H and O–H groups in total. The lowest BCUT2D eigenvalue weighted by atomic mass is 9.89. The molecule has 2 aliphatic rings. The van der Waals surface area contributed by atoms with Gasteiger partial charge in [0.25, 0.3) is 5.91 Å². The fourth-order valence-corrected chi connectivity index (χ4v) is 3.50. The molecule has 0 bridgehead atoms. The maximum atomic E-state index is 14.2. The molecule has 23 heavy (non-hydrogen) atoms. The van der Waals surface area contributed by atoms with Gasteiger partial charge < -0.3 is 19.7 Å². The van der Waals surface area contributed by atoms with Gasteiger partial charge in [0.05, 0.1) is 30.9 Å². The van der Waals surface area contributed by atoms with Crippen LogP contribution >= 0.6 is 0 Å². The van der Waals surface area contributed by atoms with Gasteiger partial charge in [0.15, 0.2) is 0 Å². The van der Waals surface area contributed by atoms with Gasteiger partial charge in [0.1, 0.15) is 11.6 Å². The van der Waals surface area contributed by atoms with Crippen molar-refractivity contribution in [2.75, 3.05) is 33.3 Å². The van der Waals surface area contributed by atoms with Crippen molar-refractivity contribution in [1.29, 1.82) is 0 Å². The lowest BCUT2D eigenvalue weighted by Gasteiger charge is -2.47. The molecule has 2 saturated heterocycles. The number of ether oxygens (including phenoxy) is 2. The number of morpholine rings is 1. The quantitative estimate of drug-likeness (QED) is 0.902. The van der Waals surface area contributed by atoms with Crippen LogP contribution in [-0.4, -0.2) is 55.8 Å². The van der Waals surface area contributed by atoms with Gasteiger partial charge in [-0.05, 0) is 45.0 Å². The lowest BCUT2D eigenvalue weighted by molar-refractivity contribution is -0.151. The van der Waals surface area contributed by atoms with Crippen LogP contribution in [0.1, 0.15) is 30.1 Å². The van der Waals surface area contributed by atoms with Gasteiger partial charge in [-0.15, -0.1) is 0 Å². The van der Waals surface area contributed by atoms with Crippen LogP contribution in [0.2, 0.25) is 0 Å². The van der Waals surface area contributed by atoms with Gasteiger partial charge >= 0.3 is 0 Å². The van der Waals surface area contributed by atoms with Crippen molar-refractivity contribution in [2.24, 2.45) is 0 Å². The molecule has 1 aromatic carbocycles. The summed E-state index contributed by atoms with van der Waals surface area (Å²) in [5, 5.41) is 3.31. The number of hydrogen-bond donors (Lipinski definition) is 1. The first kappa shape index (κ1) is 16.2. The summed E-state index contributed by atoms with van der Waals surface area (Å²) in [4.78, 5) is 14.5. The van der Waals surface area contributed by atoms with E-state index in [4.69, 9.17) is 9.47 Å². The van der Waals surface area contributed by atoms with Crippen molar-refractivity contribution in [3.05, 3.63) is 29.6 Å². The Balaban J connectivity index is 1.81. The van der Waals surface area contributed by atoms with Crippen LogP contribution in [0.15, 0.2) is 18.2 Å². The minimum absolute atomic E-state index is 0.0490. The molecule has 0 aliphatic carbocycles. The van der Waals surface area contributed by atoms with Crippen molar-refractivity contribution in [3.8, 4) is 5.75 Å². The number of amides is 1. The number of nitrogens with one attached hydrogen (secondary N) is 1. The Morgan fingerprint density at radius 3 is 2.83 bits per heavy atom. The van der Waals surface area contributed by atoms with Crippen molar-refractivity contribution >= 4 is 5.91 Å². The Morgan fingerprint density at radius 1 is 1.43 bits per heavy atom. The summed E-state index contributed by atoms with van der Waals surface area (Å²) in [7, 11) is 1.47. The molecule has 3 rings (SSSR count). The zero-order valence-corrected chi connectivity index (χ0v) is 13.6. The summed E-state index contributed by atoms with van der Waals surface area (Å²) < 4.78 is 25.3. The van der Waals surface area contributed by atoms with Crippen LogP contribution in [0.25, 0.3) is 0 Å². The summed E-state index contributed by atoms with van der Waals surface area (Å²) in [6.45, 7) is 4.73. The van der Waals surface area contributed by atoms with Crippen LogP contribution in [0.3, 0.4) is 0 Å². The molecular formula is C17H23FN2O3. The highest BCUT2D eigenvalue weighted by molar-refractivity contribution is 5.94. The van der Waals surface area contributed by atoms with E-state index in [1.54, 1.807) is 11.0 Å². The minimum atomic E-state index is -0.548. The number of carbonyl (C=O) groups is 1. The van der Waals surface area contributed by atoms with E-state index in [0.717, 1.165) is 25.9 Å². The van der Waals surface area contributed by atoms with Gasteiger partial charge in [0.2, 0.25) is 0 Å². The highest BCUT2D eigenvalue weighted by atomic mass is 19.1. The molecule has 1 unspecified atom stereocenters. The first-order chi connectivity index (χ1) is 11.0. The Hall–Kier alpha value is -1.66. The molecule has 5 nitrogen and oxygen atoms in total. The van der Waals surface area contributed by atoms with Gasteiger partial charge in [-0.2, -0.15) is 0 Å². The van der Waals surface area contributed by atoms with E-state index in [2.05, 4.69) is 5.32 Å². The second kappa shape index (κ2) is 6.45. The number of nitrogens with zero attached hydrogens (tertiary/aromatic N) is 1. The standard InChI is InChI=1S/C17H23FN2O3/c1-12-10-20(11-17(23-12)5-7-19-8-6-17)16(21)14-4-3-13(22-2)9-15(14)18/h3-4,9,12,19H,5-8,10-11H2,1-2H3. The van der Waals surface area contributed by atoms with E-state index in [-0.39, 0.29) is 23.2 Å². The monoisotopic (exact) mass is 322 g/mol. The molecule has 126 valence electrons. The topological polar surface area (TPSA) is 50.8 Å². The van der Waals surface area contributed by atoms with E-state index in [0.29, 0.717) is 18.8 Å². The molecule has 0 radical (unpaired) electrons. The Bertz CT molecular complexity index is 587. The van der Waals surface area contributed by atoms with E-state index < -0.39 is 5.82 Å². The molecule has 0 aromatic heterocycles. The van der Waals surface area contributed by atoms with Gasteiger partial charge in [-0.25, -0.2) is 4.39 Å². The molecule has 1 atom stereocenters. The van der Waals surface area contributed by atoms with Crippen LogP contribution in [0.4, 0.5) is 4.39 Å². The van der Waals surface area contributed by atoms with Crippen molar-refractivity contribution in [3.63, 3.8) is 0 Å². The second-order valence-electron chi connectivity index (χ2n) is 6.39. The fraction of sp³-hybridized carbons (Fsp3) is 0.588. The maximum absolute atomic E-state index is 14.2. The number of rotatable bonds is 2. The van der Waals surface area contributed by atoms with E-state index >= 15 is 0 Å². The molecule has 0 saturated carbocycles. The van der Waals surface area contributed by atoms with Gasteiger partial charge in [0, 0.05) is 12.6 Å². The Kier molecular flexibility index (Phi) is 4.55. The van der Waals surface area contributed by atoms with Crippen molar-refractivity contribution in [2.45, 2.75) is 31.5 Å². The number of methoxy groups -OCH3 is 1. The molecule has 2 heterocycles. The minimum Gasteiger partial charge on any atom is -0.497 e. The Labute approximate surface area is 135 Å². The second-order valence-corrected chi connectivity index (χ2v) is 6.39. The normalized spacial score (nSPS) is 23.8. The van der Waals surface area contributed by atoms with E-state index in [1.807, 2.05) is 6.92 Å². The summed E-state index contributed by atoms with van der Waals surface area (Å²) >= 11 is 0. The predicted molar refractivity (Wildman–Crippen MR) is 84.2 cm³/mol. The Morgan fingerprint density at radius 2 is 2.17 bits per heavy atom. The first-order valence-electron chi connectivity index (χ1n) is 8.04.